The smallest absolute Gasteiger partial charge is 0.332 e. The molecule has 0 aliphatic heterocycles. The van der Waals surface area contributed by atoms with E-state index in [4.69, 9.17) is 9.47 Å². The first kappa shape index (κ1) is 11.7. The van der Waals surface area contributed by atoms with E-state index >= 15 is 0 Å². The van der Waals surface area contributed by atoms with Gasteiger partial charge >= 0.3 is 5.97 Å². The third-order valence-electron chi connectivity index (χ3n) is 1.93. The van der Waals surface area contributed by atoms with Crippen LogP contribution in [0.1, 0.15) is 20.3 Å². The Balaban J connectivity index is 2.12. The molecule has 0 saturated heterocycles. The predicted octanol–water partition coefficient (Wildman–Crippen LogP) is 1.20. The molecular weight excluding hydrogens is 196 g/mol. The number of carbonyl (C=O) groups is 1. The summed E-state index contributed by atoms with van der Waals surface area (Å²) < 4.78 is 11.9. The van der Waals surface area contributed by atoms with Gasteiger partial charge < -0.3 is 14.0 Å². The molecule has 0 aromatic carbocycles. The molecule has 1 aromatic rings. The summed E-state index contributed by atoms with van der Waals surface area (Å²) in [5.41, 5.74) is 0. The number of esters is 1. The number of ether oxygens (including phenoxy) is 2. The predicted molar refractivity (Wildman–Crippen MR) is 54.0 cm³/mol. The molecule has 1 unspecified atom stereocenters. The van der Waals surface area contributed by atoms with E-state index in [0.717, 1.165) is 6.42 Å². The van der Waals surface area contributed by atoms with E-state index in [0.29, 0.717) is 6.73 Å². The van der Waals surface area contributed by atoms with Crippen LogP contribution in [-0.2, 0) is 21.0 Å². The maximum atomic E-state index is 11.2. The minimum Gasteiger partial charge on any atom is -0.461 e. The van der Waals surface area contributed by atoms with E-state index in [1.54, 1.807) is 23.3 Å². The summed E-state index contributed by atoms with van der Waals surface area (Å²) in [6.07, 6.45) is 5.81. The normalized spacial score (nSPS) is 12.4. The van der Waals surface area contributed by atoms with Gasteiger partial charge in [-0.25, -0.2) is 9.78 Å². The molecule has 0 saturated carbocycles. The summed E-state index contributed by atoms with van der Waals surface area (Å²) in [6.45, 7) is 4.11. The van der Waals surface area contributed by atoms with Gasteiger partial charge in [-0.05, 0) is 13.3 Å². The van der Waals surface area contributed by atoms with Crippen LogP contribution in [0.25, 0.3) is 0 Å². The molecule has 5 nitrogen and oxygen atoms in total. The van der Waals surface area contributed by atoms with Gasteiger partial charge in [0.1, 0.15) is 13.3 Å². The third kappa shape index (κ3) is 4.60. The summed E-state index contributed by atoms with van der Waals surface area (Å²) in [7, 11) is 0. The Hall–Kier alpha value is -1.36. The van der Waals surface area contributed by atoms with E-state index in [-0.39, 0.29) is 18.7 Å². The van der Waals surface area contributed by atoms with Crippen molar-refractivity contribution < 1.29 is 14.3 Å². The lowest BCUT2D eigenvalue weighted by molar-refractivity contribution is -0.155. The second kappa shape index (κ2) is 6.19. The van der Waals surface area contributed by atoms with E-state index in [9.17, 15) is 4.79 Å². The molecule has 1 heterocycles. The lowest BCUT2D eigenvalue weighted by Crippen LogP contribution is -2.19. The van der Waals surface area contributed by atoms with E-state index in [1.165, 1.54) is 0 Å². The first-order valence-electron chi connectivity index (χ1n) is 4.95. The molecule has 0 aliphatic carbocycles. The zero-order valence-electron chi connectivity index (χ0n) is 9.05. The lowest BCUT2D eigenvalue weighted by Gasteiger charge is -2.10. The van der Waals surface area contributed by atoms with Gasteiger partial charge in [0.2, 0.25) is 0 Å². The van der Waals surface area contributed by atoms with Crippen molar-refractivity contribution in [3.05, 3.63) is 18.7 Å². The fraction of sp³-hybridized carbons (Fsp3) is 0.600. The standard InChI is InChI=1S/C10H16N2O3/c1-3-9(2)15-10(13)6-14-8-12-5-4-11-7-12/h4-5,7,9H,3,6,8H2,1-2H3. The topological polar surface area (TPSA) is 53.4 Å². The van der Waals surface area contributed by atoms with E-state index in [1.807, 2.05) is 13.8 Å². The molecule has 15 heavy (non-hydrogen) atoms. The van der Waals surface area contributed by atoms with Gasteiger partial charge in [0, 0.05) is 12.4 Å². The van der Waals surface area contributed by atoms with Gasteiger partial charge in [0.05, 0.1) is 12.4 Å². The number of rotatable bonds is 6. The largest absolute Gasteiger partial charge is 0.461 e. The number of carbonyl (C=O) groups excluding carboxylic acids is 1. The molecule has 0 amide bonds. The number of nitrogens with zero attached hydrogens (tertiary/aromatic N) is 2. The van der Waals surface area contributed by atoms with Crippen LogP contribution in [0.3, 0.4) is 0 Å². The number of hydrogen-bond acceptors (Lipinski definition) is 4. The summed E-state index contributed by atoms with van der Waals surface area (Å²) >= 11 is 0. The number of imidazole rings is 1. The van der Waals surface area contributed by atoms with E-state index in [2.05, 4.69) is 4.98 Å². The highest BCUT2D eigenvalue weighted by molar-refractivity contribution is 5.70. The highest BCUT2D eigenvalue weighted by Crippen LogP contribution is 1.97. The van der Waals surface area contributed by atoms with Crippen molar-refractivity contribution in [2.45, 2.75) is 33.1 Å². The van der Waals surface area contributed by atoms with Crippen LogP contribution >= 0.6 is 0 Å². The molecule has 1 rings (SSSR count). The Morgan fingerprint density at radius 2 is 2.40 bits per heavy atom. The van der Waals surface area contributed by atoms with Crippen molar-refractivity contribution in [2.24, 2.45) is 0 Å². The number of hydrogen-bond donors (Lipinski definition) is 0. The van der Waals surface area contributed by atoms with Gasteiger partial charge in [-0.3, -0.25) is 0 Å². The zero-order chi connectivity index (χ0) is 11.1. The molecule has 0 radical (unpaired) electrons. The number of aromatic nitrogens is 2. The molecular formula is C10H16N2O3. The SMILES string of the molecule is CCC(C)OC(=O)COCn1ccnc1. The van der Waals surface area contributed by atoms with Crippen molar-refractivity contribution >= 4 is 5.97 Å². The Morgan fingerprint density at radius 1 is 1.60 bits per heavy atom. The Bertz CT molecular complexity index is 285. The molecule has 84 valence electrons. The second-order valence-electron chi connectivity index (χ2n) is 3.26. The first-order valence-corrected chi connectivity index (χ1v) is 4.95. The lowest BCUT2D eigenvalue weighted by atomic mass is 10.3. The highest BCUT2D eigenvalue weighted by Gasteiger charge is 2.07. The molecule has 0 spiro atoms. The highest BCUT2D eigenvalue weighted by atomic mass is 16.6. The van der Waals surface area contributed by atoms with Crippen molar-refractivity contribution in [2.75, 3.05) is 6.61 Å². The molecule has 0 N–H and O–H groups in total. The van der Waals surface area contributed by atoms with Crippen molar-refractivity contribution in [3.8, 4) is 0 Å². The molecule has 5 heteroatoms. The molecule has 1 aromatic heterocycles. The van der Waals surface area contributed by atoms with Crippen LogP contribution in [-0.4, -0.2) is 28.2 Å². The van der Waals surface area contributed by atoms with E-state index < -0.39 is 0 Å². The molecule has 0 fully saturated rings. The molecule has 1 atom stereocenters. The second-order valence-corrected chi connectivity index (χ2v) is 3.26. The van der Waals surface area contributed by atoms with Crippen LogP contribution in [0.5, 0.6) is 0 Å². The minimum atomic E-state index is -0.329. The fourth-order valence-corrected chi connectivity index (χ4v) is 0.939. The maximum Gasteiger partial charge on any atom is 0.332 e. The Kier molecular flexibility index (Phi) is 4.83. The summed E-state index contributed by atoms with van der Waals surface area (Å²) in [4.78, 5) is 15.0. The van der Waals surface area contributed by atoms with Gasteiger partial charge in [-0.15, -0.1) is 0 Å². The zero-order valence-corrected chi connectivity index (χ0v) is 9.05. The Labute approximate surface area is 89.0 Å². The summed E-state index contributed by atoms with van der Waals surface area (Å²) in [6, 6.07) is 0. The van der Waals surface area contributed by atoms with Gasteiger partial charge in [-0.2, -0.15) is 0 Å². The average Bonchev–Trinajstić information content (AvgIpc) is 2.70. The average molecular weight is 212 g/mol. The van der Waals surface area contributed by atoms with Crippen LogP contribution < -0.4 is 0 Å². The van der Waals surface area contributed by atoms with Crippen molar-refractivity contribution in [1.82, 2.24) is 9.55 Å². The van der Waals surface area contributed by atoms with Crippen molar-refractivity contribution in [1.29, 1.82) is 0 Å². The Morgan fingerprint density at radius 3 is 3.00 bits per heavy atom. The van der Waals surface area contributed by atoms with Crippen LogP contribution in [0.4, 0.5) is 0 Å². The first-order chi connectivity index (χ1) is 7.22. The van der Waals surface area contributed by atoms with Gasteiger partial charge in [0.25, 0.3) is 0 Å². The fourth-order valence-electron chi connectivity index (χ4n) is 0.939. The van der Waals surface area contributed by atoms with Gasteiger partial charge in [-0.1, -0.05) is 6.92 Å². The van der Waals surface area contributed by atoms with Gasteiger partial charge in [0.15, 0.2) is 0 Å². The summed E-state index contributed by atoms with van der Waals surface area (Å²) in [5, 5.41) is 0. The van der Waals surface area contributed by atoms with Crippen molar-refractivity contribution in [3.63, 3.8) is 0 Å². The summed E-state index contributed by atoms with van der Waals surface area (Å²) in [5.74, 6) is -0.329. The maximum absolute atomic E-state index is 11.2. The van der Waals surface area contributed by atoms with Crippen LogP contribution in [0.15, 0.2) is 18.7 Å². The van der Waals surface area contributed by atoms with Crippen LogP contribution in [0, 0.1) is 0 Å². The third-order valence-corrected chi connectivity index (χ3v) is 1.93. The molecule has 0 aliphatic rings. The molecule has 0 bridgehead atoms. The van der Waals surface area contributed by atoms with Crippen LogP contribution in [0.2, 0.25) is 0 Å². The quantitative estimate of drug-likeness (QED) is 0.665. The monoisotopic (exact) mass is 212 g/mol. The minimum absolute atomic E-state index is 0.0253.